The summed E-state index contributed by atoms with van der Waals surface area (Å²) in [7, 11) is 0. The average molecular weight is 432 g/mol. The number of imidazole rings is 1. The molecule has 0 amide bonds. The number of carbonyl (C=O) groups excluding carboxylic acids is 1. The molecule has 1 aliphatic rings. The quantitative estimate of drug-likeness (QED) is 0.357. The minimum atomic E-state index is -1.27. The van der Waals surface area contributed by atoms with E-state index >= 15 is 0 Å². The molecule has 1 saturated heterocycles. The lowest BCUT2D eigenvalue weighted by atomic mass is 10.1. The molecule has 4 atom stereocenters. The third kappa shape index (κ3) is 3.20. The minimum Gasteiger partial charge on any atom is -0.455 e. The van der Waals surface area contributed by atoms with Crippen molar-refractivity contribution in [3.8, 4) is 0 Å². The lowest BCUT2D eigenvalue weighted by Gasteiger charge is -2.22. The van der Waals surface area contributed by atoms with Crippen molar-refractivity contribution in [2.45, 2.75) is 44.3 Å². The first kappa shape index (κ1) is 18.8. The molecule has 0 aromatic carbocycles. The van der Waals surface area contributed by atoms with Gasteiger partial charge in [-0.2, -0.15) is 4.98 Å². The molecule has 0 bridgehead atoms. The van der Waals surface area contributed by atoms with E-state index in [0.717, 1.165) is 0 Å². The molecule has 0 saturated carbocycles. The number of rotatable bonds is 5. The van der Waals surface area contributed by atoms with Gasteiger partial charge in [-0.15, -0.1) is 0 Å². The molecule has 26 heavy (non-hydrogen) atoms. The summed E-state index contributed by atoms with van der Waals surface area (Å²) in [4.78, 5) is 34.4. The standard InChI is InChI=1S/C14H18BrN5O6/c1-2-3-6(22)26-9-8(23)5(4-21)25-12(9)20-10-7(17-13(20)15)11(24)19-14(16)18-10/h5,8-9,12,21,23H,2-4H2,1H3,(H3,16,18,19,24)/t5-,8-,9-,12-/m1/s1. The van der Waals surface area contributed by atoms with Gasteiger partial charge in [0, 0.05) is 6.42 Å². The predicted octanol–water partition coefficient (Wildman–Crippen LogP) is -0.573. The molecule has 0 radical (unpaired) electrons. The van der Waals surface area contributed by atoms with E-state index in [1.165, 1.54) is 4.57 Å². The molecule has 0 aliphatic carbocycles. The van der Waals surface area contributed by atoms with Gasteiger partial charge in [0.25, 0.3) is 5.56 Å². The van der Waals surface area contributed by atoms with Gasteiger partial charge in [-0.05, 0) is 22.4 Å². The summed E-state index contributed by atoms with van der Waals surface area (Å²) in [6, 6.07) is 0. The fraction of sp³-hybridized carbons (Fsp3) is 0.571. The summed E-state index contributed by atoms with van der Waals surface area (Å²) >= 11 is 3.22. The van der Waals surface area contributed by atoms with Crippen LogP contribution in [0.2, 0.25) is 0 Å². The topological polar surface area (TPSA) is 166 Å². The van der Waals surface area contributed by atoms with Crippen LogP contribution in [0.25, 0.3) is 11.2 Å². The van der Waals surface area contributed by atoms with E-state index in [1.807, 2.05) is 6.92 Å². The number of anilines is 1. The second-order valence-electron chi connectivity index (χ2n) is 5.82. The number of nitrogen functional groups attached to an aromatic ring is 1. The van der Waals surface area contributed by atoms with E-state index in [4.69, 9.17) is 15.2 Å². The molecule has 11 nitrogen and oxygen atoms in total. The van der Waals surface area contributed by atoms with Crippen LogP contribution in [-0.4, -0.2) is 60.6 Å². The maximum absolute atomic E-state index is 12.0. The van der Waals surface area contributed by atoms with Crippen LogP contribution in [0.5, 0.6) is 0 Å². The Hall–Kier alpha value is -2.02. The van der Waals surface area contributed by atoms with Crippen LogP contribution in [0, 0.1) is 0 Å². The number of nitrogens with zero attached hydrogens (tertiary/aromatic N) is 3. The lowest BCUT2D eigenvalue weighted by molar-refractivity contribution is -0.158. The van der Waals surface area contributed by atoms with E-state index < -0.39 is 42.7 Å². The highest BCUT2D eigenvalue weighted by atomic mass is 79.9. The number of fused-ring (bicyclic) bond motifs is 1. The number of hydrogen-bond donors (Lipinski definition) is 4. The van der Waals surface area contributed by atoms with E-state index in [9.17, 15) is 19.8 Å². The van der Waals surface area contributed by atoms with Gasteiger partial charge in [0.15, 0.2) is 28.2 Å². The number of hydrogen-bond acceptors (Lipinski definition) is 9. The summed E-state index contributed by atoms with van der Waals surface area (Å²) in [5.41, 5.74) is 5.13. The lowest BCUT2D eigenvalue weighted by Crippen LogP contribution is -2.37. The van der Waals surface area contributed by atoms with Gasteiger partial charge in [0.05, 0.1) is 6.61 Å². The molecule has 1 fully saturated rings. The summed E-state index contributed by atoms with van der Waals surface area (Å²) < 4.78 is 12.5. The van der Waals surface area contributed by atoms with Crippen molar-refractivity contribution in [1.82, 2.24) is 19.5 Å². The van der Waals surface area contributed by atoms with Crippen molar-refractivity contribution in [1.29, 1.82) is 0 Å². The van der Waals surface area contributed by atoms with Gasteiger partial charge in [-0.1, -0.05) is 6.92 Å². The molecular weight excluding hydrogens is 414 g/mol. The third-order valence-electron chi connectivity index (χ3n) is 3.99. The molecule has 3 heterocycles. The maximum Gasteiger partial charge on any atom is 0.306 e. The number of halogens is 1. The molecule has 12 heteroatoms. The fourth-order valence-corrected chi connectivity index (χ4v) is 3.37. The summed E-state index contributed by atoms with van der Waals surface area (Å²) in [5, 5.41) is 19.8. The zero-order valence-corrected chi connectivity index (χ0v) is 15.3. The number of aromatic nitrogens is 4. The van der Waals surface area contributed by atoms with Gasteiger partial charge in [-0.3, -0.25) is 19.1 Å². The van der Waals surface area contributed by atoms with Crippen LogP contribution in [0.15, 0.2) is 9.53 Å². The Morgan fingerprint density at radius 1 is 1.50 bits per heavy atom. The van der Waals surface area contributed by atoms with Crippen molar-refractivity contribution in [3.05, 3.63) is 15.1 Å². The van der Waals surface area contributed by atoms with Gasteiger partial charge >= 0.3 is 5.97 Å². The van der Waals surface area contributed by atoms with Crippen molar-refractivity contribution in [3.63, 3.8) is 0 Å². The van der Waals surface area contributed by atoms with Gasteiger partial charge in [0.2, 0.25) is 5.95 Å². The summed E-state index contributed by atoms with van der Waals surface area (Å²) in [5.74, 6) is -0.650. The highest BCUT2D eigenvalue weighted by Gasteiger charge is 2.48. The number of nitrogens with two attached hydrogens (primary N) is 1. The molecule has 2 aromatic heterocycles. The molecule has 142 valence electrons. The fourth-order valence-electron chi connectivity index (χ4n) is 2.82. The SMILES string of the molecule is CCCC(=O)O[C@@H]1[C@H](O)[C@@H](CO)O[C@H]1n1c(Br)nc2c(=O)[nH]c(N)nc21. The van der Waals surface area contributed by atoms with E-state index in [2.05, 4.69) is 30.9 Å². The van der Waals surface area contributed by atoms with E-state index in [0.29, 0.717) is 6.42 Å². The molecule has 3 rings (SSSR count). The van der Waals surface area contributed by atoms with Gasteiger partial charge in [0.1, 0.15) is 12.2 Å². The van der Waals surface area contributed by atoms with Crippen molar-refractivity contribution < 1.29 is 24.5 Å². The highest BCUT2D eigenvalue weighted by Crippen LogP contribution is 2.36. The Kier molecular flexibility index (Phi) is 5.27. The summed E-state index contributed by atoms with van der Waals surface area (Å²) in [6.45, 7) is 1.33. The predicted molar refractivity (Wildman–Crippen MR) is 92.1 cm³/mol. The van der Waals surface area contributed by atoms with Crippen LogP contribution in [0.4, 0.5) is 5.95 Å². The zero-order valence-electron chi connectivity index (χ0n) is 13.8. The van der Waals surface area contributed by atoms with Gasteiger partial charge in [-0.25, -0.2) is 4.98 Å². The van der Waals surface area contributed by atoms with Crippen molar-refractivity contribution in [2.24, 2.45) is 0 Å². The van der Waals surface area contributed by atoms with Crippen LogP contribution in [0.3, 0.4) is 0 Å². The van der Waals surface area contributed by atoms with Gasteiger partial charge < -0.3 is 25.4 Å². The third-order valence-corrected chi connectivity index (χ3v) is 4.55. The number of carbonyl (C=O) groups is 1. The van der Waals surface area contributed by atoms with Crippen LogP contribution < -0.4 is 11.3 Å². The monoisotopic (exact) mass is 431 g/mol. The first-order valence-corrected chi connectivity index (χ1v) is 8.73. The molecule has 0 spiro atoms. The second kappa shape index (κ2) is 7.31. The Morgan fingerprint density at radius 3 is 2.88 bits per heavy atom. The van der Waals surface area contributed by atoms with Crippen LogP contribution in [0.1, 0.15) is 26.0 Å². The average Bonchev–Trinajstić information content (AvgIpc) is 3.05. The Labute approximate surface area is 155 Å². The number of aliphatic hydroxyl groups excluding tert-OH is 2. The first-order chi connectivity index (χ1) is 12.4. The number of esters is 1. The largest absolute Gasteiger partial charge is 0.455 e. The minimum absolute atomic E-state index is 0.00440. The molecular formula is C14H18BrN5O6. The highest BCUT2D eigenvalue weighted by molar-refractivity contribution is 9.10. The zero-order chi connectivity index (χ0) is 19.0. The first-order valence-electron chi connectivity index (χ1n) is 7.94. The van der Waals surface area contributed by atoms with E-state index in [1.54, 1.807) is 0 Å². The normalized spacial score (nSPS) is 25.7. The number of nitrogens with one attached hydrogen (secondary N) is 1. The number of ether oxygens (including phenoxy) is 2. The molecule has 0 unspecified atom stereocenters. The molecule has 1 aliphatic heterocycles. The smallest absolute Gasteiger partial charge is 0.306 e. The number of aromatic amines is 1. The van der Waals surface area contributed by atoms with Crippen molar-refractivity contribution >= 4 is 39.0 Å². The van der Waals surface area contributed by atoms with Crippen LogP contribution >= 0.6 is 15.9 Å². The Morgan fingerprint density at radius 2 is 2.23 bits per heavy atom. The van der Waals surface area contributed by atoms with E-state index in [-0.39, 0.29) is 28.3 Å². The Balaban J connectivity index is 2.08. The molecule has 5 N–H and O–H groups in total. The van der Waals surface area contributed by atoms with Crippen molar-refractivity contribution in [2.75, 3.05) is 12.3 Å². The Bertz CT molecular complexity index is 883. The summed E-state index contributed by atoms with van der Waals surface area (Å²) in [6.07, 6.45) is -3.70. The van der Waals surface area contributed by atoms with Crippen LogP contribution in [-0.2, 0) is 14.3 Å². The molecule has 2 aromatic rings. The maximum atomic E-state index is 12.0. The number of H-pyrrole nitrogens is 1. The number of aliphatic hydroxyl groups is 2. The second-order valence-corrected chi connectivity index (χ2v) is 6.53.